The topological polar surface area (TPSA) is 57.6 Å². The van der Waals surface area contributed by atoms with Crippen LogP contribution in [0.4, 0.5) is 5.69 Å². The van der Waals surface area contributed by atoms with Gasteiger partial charge in [0.1, 0.15) is 5.71 Å². The van der Waals surface area contributed by atoms with Crippen molar-refractivity contribution in [3.8, 4) is 0 Å². The molecule has 28 heavy (non-hydrogen) atoms. The number of hydrazone groups is 1. The van der Waals surface area contributed by atoms with Crippen LogP contribution in [0, 0.1) is 0 Å². The van der Waals surface area contributed by atoms with Crippen molar-refractivity contribution in [3.63, 3.8) is 0 Å². The van der Waals surface area contributed by atoms with Crippen LogP contribution in [0.3, 0.4) is 0 Å². The maximum Gasteiger partial charge on any atom is 0.267 e. The van der Waals surface area contributed by atoms with Gasteiger partial charge in [0.05, 0.1) is 11.7 Å². The predicted molar refractivity (Wildman–Crippen MR) is 111 cm³/mol. The number of rotatable bonds is 6. The number of carbonyl (C=O) groups is 1. The molecule has 3 aromatic rings. The van der Waals surface area contributed by atoms with Gasteiger partial charge in [0, 0.05) is 31.3 Å². The van der Waals surface area contributed by atoms with Gasteiger partial charge >= 0.3 is 0 Å². The van der Waals surface area contributed by atoms with E-state index < -0.39 is 0 Å². The van der Waals surface area contributed by atoms with Crippen molar-refractivity contribution >= 4 is 17.3 Å². The van der Waals surface area contributed by atoms with Crippen LogP contribution >= 0.6 is 0 Å². The number of hydrogen-bond donors (Lipinski definition) is 1. The van der Waals surface area contributed by atoms with Crippen LogP contribution in [-0.4, -0.2) is 23.1 Å². The zero-order valence-corrected chi connectivity index (χ0v) is 15.5. The summed E-state index contributed by atoms with van der Waals surface area (Å²) < 4.78 is 0. The molecular weight excluding hydrogens is 348 g/mol. The van der Waals surface area contributed by atoms with Gasteiger partial charge in [-0.05, 0) is 29.8 Å². The lowest BCUT2D eigenvalue weighted by Gasteiger charge is -2.23. The van der Waals surface area contributed by atoms with E-state index >= 15 is 0 Å². The molecule has 1 N–H and O–H groups in total. The Bertz CT molecular complexity index is 942. The fraction of sp³-hybridized carbons (Fsp3) is 0.174. The second-order valence-electron chi connectivity index (χ2n) is 6.68. The van der Waals surface area contributed by atoms with E-state index in [2.05, 4.69) is 27.5 Å². The zero-order chi connectivity index (χ0) is 19.2. The van der Waals surface area contributed by atoms with Crippen molar-refractivity contribution in [1.29, 1.82) is 0 Å². The van der Waals surface area contributed by atoms with Crippen molar-refractivity contribution in [2.75, 3.05) is 11.6 Å². The first-order chi connectivity index (χ1) is 13.8. The third kappa shape index (κ3) is 4.09. The van der Waals surface area contributed by atoms with Crippen molar-refractivity contribution in [2.45, 2.75) is 18.9 Å². The predicted octanol–water partition coefficient (Wildman–Crippen LogP) is 3.75. The summed E-state index contributed by atoms with van der Waals surface area (Å²) in [5.41, 5.74) is 3.64. The zero-order valence-electron chi connectivity index (χ0n) is 15.5. The van der Waals surface area contributed by atoms with Crippen LogP contribution in [0.1, 0.15) is 23.7 Å². The molecule has 5 nitrogen and oxygen atoms in total. The maximum atomic E-state index is 12.7. The molecule has 0 radical (unpaired) electrons. The average molecular weight is 370 g/mol. The molecule has 1 amide bonds. The summed E-state index contributed by atoms with van der Waals surface area (Å²) in [6.07, 6.45) is 3.04. The van der Waals surface area contributed by atoms with Gasteiger partial charge in [0.25, 0.3) is 5.91 Å². The van der Waals surface area contributed by atoms with Gasteiger partial charge in [0.2, 0.25) is 0 Å². The second kappa shape index (κ2) is 8.48. The molecule has 140 valence electrons. The quantitative estimate of drug-likeness (QED) is 0.719. The summed E-state index contributed by atoms with van der Waals surface area (Å²) in [6, 6.07) is 26.0. The van der Waals surface area contributed by atoms with E-state index in [1.54, 1.807) is 6.20 Å². The third-order valence-corrected chi connectivity index (χ3v) is 4.77. The molecule has 0 saturated heterocycles. The summed E-state index contributed by atoms with van der Waals surface area (Å²) in [4.78, 5) is 17.0. The Labute approximate surface area is 164 Å². The molecule has 2 heterocycles. The van der Waals surface area contributed by atoms with E-state index in [0.29, 0.717) is 25.1 Å². The molecule has 4 rings (SSSR count). The number of nitrogens with one attached hydrogen (secondary N) is 1. The minimum Gasteiger partial charge on any atom is -0.351 e. The van der Waals surface area contributed by atoms with Crippen molar-refractivity contribution < 1.29 is 4.79 Å². The third-order valence-electron chi connectivity index (χ3n) is 4.77. The Morgan fingerprint density at radius 3 is 2.39 bits per heavy atom. The van der Waals surface area contributed by atoms with Crippen LogP contribution in [-0.2, 0) is 11.2 Å². The molecule has 0 bridgehead atoms. The SMILES string of the molecule is O=C(NCCc1ccccn1)C1=NN(c2ccccc2)[C@@H](c2ccccc2)C1. The summed E-state index contributed by atoms with van der Waals surface area (Å²) in [7, 11) is 0. The molecule has 0 fully saturated rings. The van der Waals surface area contributed by atoms with E-state index in [-0.39, 0.29) is 11.9 Å². The molecular formula is C23H22N4O. The largest absolute Gasteiger partial charge is 0.351 e. The first kappa shape index (κ1) is 17.9. The van der Waals surface area contributed by atoms with Crippen molar-refractivity contribution in [2.24, 2.45) is 5.10 Å². The number of carbonyl (C=O) groups excluding carboxylic acids is 1. The standard InChI is InChI=1S/C23H22N4O/c28-23(25-16-14-19-11-7-8-15-24-19)21-17-22(18-9-3-1-4-10-18)27(26-21)20-12-5-2-6-13-20/h1-13,15,22H,14,16-17H2,(H,25,28)/t22-/m1/s1. The van der Waals surface area contributed by atoms with Gasteiger partial charge < -0.3 is 5.32 Å². The molecule has 1 aliphatic rings. The maximum absolute atomic E-state index is 12.7. The first-order valence-electron chi connectivity index (χ1n) is 9.46. The summed E-state index contributed by atoms with van der Waals surface area (Å²) in [5.74, 6) is -0.115. The smallest absolute Gasteiger partial charge is 0.267 e. The van der Waals surface area contributed by atoms with Gasteiger partial charge in [0.15, 0.2) is 0 Å². The number of pyridine rings is 1. The molecule has 2 aromatic carbocycles. The van der Waals surface area contributed by atoms with E-state index in [9.17, 15) is 4.79 Å². The Balaban J connectivity index is 1.48. The monoisotopic (exact) mass is 370 g/mol. The lowest BCUT2D eigenvalue weighted by atomic mass is 10.0. The second-order valence-corrected chi connectivity index (χ2v) is 6.68. The number of amides is 1. The normalized spacial score (nSPS) is 15.9. The van der Waals surface area contributed by atoms with Gasteiger partial charge in [-0.15, -0.1) is 0 Å². The summed E-state index contributed by atoms with van der Waals surface area (Å²) in [6.45, 7) is 0.538. The molecule has 0 unspecified atom stereocenters. The molecule has 1 atom stereocenters. The van der Waals surface area contributed by atoms with Crippen molar-refractivity contribution in [1.82, 2.24) is 10.3 Å². The van der Waals surface area contributed by atoms with Gasteiger partial charge in [-0.2, -0.15) is 5.10 Å². The molecule has 5 heteroatoms. The Kier molecular flexibility index (Phi) is 5.43. The molecule has 1 aromatic heterocycles. The number of para-hydroxylation sites is 1. The Hall–Kier alpha value is -3.47. The minimum atomic E-state index is -0.115. The number of anilines is 1. The fourth-order valence-corrected chi connectivity index (χ4v) is 3.35. The van der Waals surface area contributed by atoms with Crippen LogP contribution < -0.4 is 10.3 Å². The summed E-state index contributed by atoms with van der Waals surface area (Å²) in [5, 5.41) is 9.59. The molecule has 1 aliphatic heterocycles. The van der Waals surface area contributed by atoms with Crippen LogP contribution in [0.15, 0.2) is 90.2 Å². The lowest BCUT2D eigenvalue weighted by Crippen LogP contribution is -2.32. The number of aromatic nitrogens is 1. The summed E-state index contributed by atoms with van der Waals surface area (Å²) >= 11 is 0. The Morgan fingerprint density at radius 2 is 1.68 bits per heavy atom. The van der Waals surface area contributed by atoms with Crippen LogP contribution in [0.2, 0.25) is 0 Å². The van der Waals surface area contributed by atoms with E-state index in [0.717, 1.165) is 16.9 Å². The molecule has 0 saturated carbocycles. The average Bonchev–Trinajstić information content (AvgIpc) is 3.21. The Morgan fingerprint density at radius 1 is 0.964 bits per heavy atom. The van der Waals surface area contributed by atoms with E-state index in [1.165, 1.54) is 0 Å². The number of nitrogens with zero attached hydrogens (tertiary/aromatic N) is 3. The fourth-order valence-electron chi connectivity index (χ4n) is 3.35. The van der Waals surface area contributed by atoms with Gasteiger partial charge in [-0.1, -0.05) is 54.6 Å². The molecule has 0 aliphatic carbocycles. The van der Waals surface area contributed by atoms with Gasteiger partial charge in [-0.3, -0.25) is 14.8 Å². The highest BCUT2D eigenvalue weighted by atomic mass is 16.2. The number of hydrogen-bond acceptors (Lipinski definition) is 4. The highest BCUT2D eigenvalue weighted by molar-refractivity contribution is 6.39. The number of benzene rings is 2. The molecule has 0 spiro atoms. The van der Waals surface area contributed by atoms with Gasteiger partial charge in [-0.25, -0.2) is 0 Å². The lowest BCUT2D eigenvalue weighted by molar-refractivity contribution is -0.114. The minimum absolute atomic E-state index is 0.0140. The van der Waals surface area contributed by atoms with Crippen molar-refractivity contribution in [3.05, 3.63) is 96.3 Å². The van der Waals surface area contributed by atoms with Crippen LogP contribution in [0.5, 0.6) is 0 Å². The first-order valence-corrected chi connectivity index (χ1v) is 9.46. The highest BCUT2D eigenvalue weighted by Crippen LogP contribution is 2.34. The van der Waals surface area contributed by atoms with E-state index in [4.69, 9.17) is 0 Å². The van der Waals surface area contributed by atoms with E-state index in [1.807, 2.05) is 71.7 Å². The highest BCUT2D eigenvalue weighted by Gasteiger charge is 2.32. The van der Waals surface area contributed by atoms with Crippen LogP contribution in [0.25, 0.3) is 0 Å².